The van der Waals surface area contributed by atoms with Crippen molar-refractivity contribution in [3.63, 3.8) is 0 Å². The zero-order valence-corrected chi connectivity index (χ0v) is 15.2. The van der Waals surface area contributed by atoms with Crippen LogP contribution in [0.25, 0.3) is 0 Å². The normalized spacial score (nSPS) is 10.4. The third-order valence-electron chi connectivity index (χ3n) is 3.77. The summed E-state index contributed by atoms with van der Waals surface area (Å²) < 4.78 is 18.6. The molecule has 0 aliphatic rings. The molecule has 0 aliphatic heterocycles. The van der Waals surface area contributed by atoms with Crippen LogP contribution in [0.4, 0.5) is 21.7 Å². The van der Waals surface area contributed by atoms with Crippen molar-refractivity contribution in [2.75, 3.05) is 17.7 Å². The highest BCUT2D eigenvalue weighted by atomic mass is 19.1. The molecule has 0 aliphatic carbocycles. The third kappa shape index (κ3) is 4.58. The Labute approximate surface area is 156 Å². The monoisotopic (exact) mass is 366 g/mol. The molecule has 0 spiro atoms. The molecule has 1 amide bonds. The van der Waals surface area contributed by atoms with Crippen LogP contribution in [0, 0.1) is 19.7 Å². The van der Waals surface area contributed by atoms with Crippen LogP contribution in [0.5, 0.6) is 5.75 Å². The SMILES string of the molecule is COc1ccc(C)cc1Nc1nc(C)cc(C(=O)Nc2cccc(F)c2)n1. The van der Waals surface area contributed by atoms with Gasteiger partial charge in [0, 0.05) is 11.4 Å². The summed E-state index contributed by atoms with van der Waals surface area (Å²) in [4.78, 5) is 21.1. The molecule has 0 unspecified atom stereocenters. The van der Waals surface area contributed by atoms with Gasteiger partial charge in [-0.3, -0.25) is 4.79 Å². The van der Waals surface area contributed by atoms with Crippen molar-refractivity contribution in [2.24, 2.45) is 0 Å². The van der Waals surface area contributed by atoms with Crippen molar-refractivity contribution >= 4 is 23.2 Å². The van der Waals surface area contributed by atoms with Crippen LogP contribution in [0.3, 0.4) is 0 Å². The number of amides is 1. The molecular weight excluding hydrogens is 347 g/mol. The molecule has 0 saturated carbocycles. The molecule has 6 nitrogen and oxygen atoms in total. The first-order valence-electron chi connectivity index (χ1n) is 8.29. The maximum absolute atomic E-state index is 13.3. The first kappa shape index (κ1) is 18.3. The van der Waals surface area contributed by atoms with E-state index in [0.717, 1.165) is 5.56 Å². The second-order valence-electron chi connectivity index (χ2n) is 6.01. The quantitative estimate of drug-likeness (QED) is 0.706. The van der Waals surface area contributed by atoms with Gasteiger partial charge in [0.1, 0.15) is 17.3 Å². The fourth-order valence-electron chi connectivity index (χ4n) is 2.54. The number of anilines is 3. The highest BCUT2D eigenvalue weighted by molar-refractivity contribution is 6.03. The van der Waals surface area contributed by atoms with E-state index in [4.69, 9.17) is 4.74 Å². The van der Waals surface area contributed by atoms with E-state index in [9.17, 15) is 9.18 Å². The van der Waals surface area contributed by atoms with E-state index in [0.29, 0.717) is 22.8 Å². The molecular formula is C20H19FN4O2. The topological polar surface area (TPSA) is 76.1 Å². The van der Waals surface area contributed by atoms with Gasteiger partial charge in [-0.1, -0.05) is 12.1 Å². The summed E-state index contributed by atoms with van der Waals surface area (Å²) >= 11 is 0. The lowest BCUT2D eigenvalue weighted by Crippen LogP contribution is -2.15. The lowest BCUT2D eigenvalue weighted by atomic mass is 10.2. The molecule has 0 radical (unpaired) electrons. The van der Waals surface area contributed by atoms with Gasteiger partial charge < -0.3 is 15.4 Å². The first-order chi connectivity index (χ1) is 12.9. The minimum atomic E-state index is -0.453. The molecule has 2 aromatic carbocycles. The van der Waals surface area contributed by atoms with E-state index in [2.05, 4.69) is 20.6 Å². The van der Waals surface area contributed by atoms with Gasteiger partial charge in [-0.25, -0.2) is 14.4 Å². The molecule has 0 atom stereocenters. The van der Waals surface area contributed by atoms with Crippen molar-refractivity contribution in [2.45, 2.75) is 13.8 Å². The summed E-state index contributed by atoms with van der Waals surface area (Å²) in [6.45, 7) is 3.72. The van der Waals surface area contributed by atoms with E-state index in [1.165, 1.54) is 18.2 Å². The van der Waals surface area contributed by atoms with Gasteiger partial charge in [0.2, 0.25) is 5.95 Å². The van der Waals surface area contributed by atoms with Crippen LogP contribution < -0.4 is 15.4 Å². The van der Waals surface area contributed by atoms with E-state index in [1.54, 1.807) is 26.2 Å². The van der Waals surface area contributed by atoms with Crippen molar-refractivity contribution in [3.8, 4) is 5.75 Å². The van der Waals surface area contributed by atoms with Gasteiger partial charge in [0.15, 0.2) is 0 Å². The number of hydrogen-bond donors (Lipinski definition) is 2. The minimum absolute atomic E-state index is 0.167. The number of nitrogens with one attached hydrogen (secondary N) is 2. The maximum atomic E-state index is 13.3. The van der Waals surface area contributed by atoms with Crippen LogP contribution in [0.1, 0.15) is 21.7 Å². The Morgan fingerprint density at radius 3 is 2.63 bits per heavy atom. The van der Waals surface area contributed by atoms with Crippen LogP contribution in [-0.2, 0) is 0 Å². The van der Waals surface area contributed by atoms with Gasteiger partial charge in [0.25, 0.3) is 5.91 Å². The molecule has 1 aromatic heterocycles. The number of rotatable bonds is 5. The Kier molecular flexibility index (Phi) is 5.30. The second kappa shape index (κ2) is 7.82. The number of nitrogens with zero attached hydrogens (tertiary/aromatic N) is 2. The average molecular weight is 366 g/mol. The highest BCUT2D eigenvalue weighted by Crippen LogP contribution is 2.27. The fraction of sp³-hybridized carbons (Fsp3) is 0.150. The number of halogens is 1. The lowest BCUT2D eigenvalue weighted by molar-refractivity contribution is 0.102. The van der Waals surface area contributed by atoms with E-state index >= 15 is 0 Å². The summed E-state index contributed by atoms with van der Waals surface area (Å²) in [5.74, 6) is 0.0192. The Bertz CT molecular complexity index is 991. The highest BCUT2D eigenvalue weighted by Gasteiger charge is 2.13. The molecule has 1 heterocycles. The Morgan fingerprint density at radius 2 is 1.89 bits per heavy atom. The summed E-state index contributed by atoms with van der Waals surface area (Å²) in [5, 5.41) is 5.71. The van der Waals surface area contributed by atoms with Crippen molar-refractivity contribution < 1.29 is 13.9 Å². The lowest BCUT2D eigenvalue weighted by Gasteiger charge is -2.12. The number of benzene rings is 2. The van der Waals surface area contributed by atoms with Crippen molar-refractivity contribution in [1.82, 2.24) is 9.97 Å². The van der Waals surface area contributed by atoms with Crippen LogP contribution in [-0.4, -0.2) is 23.0 Å². The fourth-order valence-corrected chi connectivity index (χ4v) is 2.54. The summed E-state index contributed by atoms with van der Waals surface area (Å²) in [5.41, 5.74) is 2.87. The zero-order valence-electron chi connectivity index (χ0n) is 15.2. The molecule has 138 valence electrons. The van der Waals surface area contributed by atoms with Gasteiger partial charge in [0.05, 0.1) is 12.8 Å². The third-order valence-corrected chi connectivity index (χ3v) is 3.77. The van der Waals surface area contributed by atoms with Crippen molar-refractivity contribution in [3.05, 3.63) is 71.3 Å². The average Bonchev–Trinajstić information content (AvgIpc) is 2.61. The number of carbonyl (C=O) groups excluding carboxylic acids is 1. The summed E-state index contributed by atoms with van der Waals surface area (Å²) in [6, 6.07) is 12.9. The minimum Gasteiger partial charge on any atom is -0.495 e. The molecule has 3 aromatic rings. The maximum Gasteiger partial charge on any atom is 0.274 e. The molecule has 0 saturated heterocycles. The molecule has 0 fully saturated rings. The van der Waals surface area contributed by atoms with Crippen molar-refractivity contribution in [1.29, 1.82) is 0 Å². The summed E-state index contributed by atoms with van der Waals surface area (Å²) in [6.07, 6.45) is 0. The first-order valence-corrected chi connectivity index (χ1v) is 8.29. The van der Waals surface area contributed by atoms with Crippen LogP contribution in [0.15, 0.2) is 48.5 Å². The van der Waals surface area contributed by atoms with E-state index in [1.807, 2.05) is 25.1 Å². The Morgan fingerprint density at radius 1 is 1.07 bits per heavy atom. The molecule has 27 heavy (non-hydrogen) atoms. The van der Waals surface area contributed by atoms with Gasteiger partial charge in [-0.2, -0.15) is 0 Å². The number of methoxy groups -OCH3 is 1. The standard InChI is InChI=1S/C20H19FN4O2/c1-12-7-8-18(27-3)16(9-12)24-20-22-13(2)10-17(25-20)19(26)23-15-6-4-5-14(21)11-15/h4-11H,1-3H3,(H,23,26)(H,22,24,25). The van der Waals surface area contributed by atoms with E-state index < -0.39 is 11.7 Å². The second-order valence-corrected chi connectivity index (χ2v) is 6.01. The predicted molar refractivity (Wildman–Crippen MR) is 102 cm³/mol. The van der Waals surface area contributed by atoms with E-state index in [-0.39, 0.29) is 11.6 Å². The number of hydrogen-bond acceptors (Lipinski definition) is 5. The molecule has 7 heteroatoms. The molecule has 2 N–H and O–H groups in total. The Hall–Kier alpha value is -3.48. The predicted octanol–water partition coefficient (Wildman–Crippen LogP) is 4.24. The number of aryl methyl sites for hydroxylation is 2. The number of carbonyl (C=O) groups is 1. The molecule has 0 bridgehead atoms. The molecule has 3 rings (SSSR count). The Balaban J connectivity index is 1.86. The van der Waals surface area contributed by atoms with Gasteiger partial charge in [-0.05, 0) is 55.8 Å². The van der Waals surface area contributed by atoms with Crippen LogP contribution in [0.2, 0.25) is 0 Å². The number of aromatic nitrogens is 2. The van der Waals surface area contributed by atoms with Crippen LogP contribution >= 0.6 is 0 Å². The van der Waals surface area contributed by atoms with Gasteiger partial charge >= 0.3 is 0 Å². The largest absolute Gasteiger partial charge is 0.495 e. The smallest absolute Gasteiger partial charge is 0.274 e. The zero-order chi connectivity index (χ0) is 19.4. The number of ether oxygens (including phenoxy) is 1. The summed E-state index contributed by atoms with van der Waals surface area (Å²) in [7, 11) is 1.57. The van der Waals surface area contributed by atoms with Gasteiger partial charge in [-0.15, -0.1) is 0 Å².